The summed E-state index contributed by atoms with van der Waals surface area (Å²) in [7, 11) is 0. The average molecular weight is 365 g/mol. The van der Waals surface area contributed by atoms with Gasteiger partial charge < -0.3 is 14.7 Å². The maximum absolute atomic E-state index is 12.8. The minimum atomic E-state index is -0.937. The number of nitrogens with zero attached hydrogens (tertiary/aromatic N) is 1. The minimum Gasteiger partial charge on any atom is -0.478 e. The van der Waals surface area contributed by atoms with Gasteiger partial charge in [-0.1, -0.05) is 36.4 Å². The third kappa shape index (κ3) is 3.47. The molecule has 1 spiro atoms. The fraction of sp³-hybridized carbons (Fsp3) is 0.364. The molecule has 5 nitrogen and oxygen atoms in total. The van der Waals surface area contributed by atoms with E-state index >= 15 is 0 Å². The molecule has 0 bridgehead atoms. The lowest BCUT2D eigenvalue weighted by Gasteiger charge is -2.41. The Bertz CT molecular complexity index is 857. The van der Waals surface area contributed by atoms with Crippen LogP contribution in [0.15, 0.2) is 48.5 Å². The van der Waals surface area contributed by atoms with Crippen molar-refractivity contribution >= 4 is 11.9 Å². The fourth-order valence-corrected chi connectivity index (χ4v) is 4.19. The molecule has 0 radical (unpaired) electrons. The van der Waals surface area contributed by atoms with E-state index in [1.54, 1.807) is 24.3 Å². The molecule has 1 N–H and O–H groups in total. The highest BCUT2D eigenvalue weighted by atomic mass is 16.5. The van der Waals surface area contributed by atoms with E-state index in [1.807, 2.05) is 11.0 Å². The van der Waals surface area contributed by atoms with E-state index in [1.165, 1.54) is 11.1 Å². The molecular weight excluding hydrogens is 342 g/mol. The Balaban J connectivity index is 1.40. The van der Waals surface area contributed by atoms with E-state index in [-0.39, 0.29) is 17.1 Å². The highest BCUT2D eigenvalue weighted by Gasteiger charge is 2.44. The number of ether oxygens (including phenoxy) is 1. The van der Waals surface area contributed by atoms with Crippen molar-refractivity contribution in [1.82, 2.24) is 4.90 Å². The number of hydrogen-bond donors (Lipinski definition) is 1. The van der Waals surface area contributed by atoms with Crippen LogP contribution in [-0.2, 0) is 28.0 Å². The van der Waals surface area contributed by atoms with Gasteiger partial charge in [0.2, 0.25) is 5.91 Å². The van der Waals surface area contributed by atoms with E-state index in [4.69, 9.17) is 9.84 Å². The molecule has 1 fully saturated rings. The number of aromatic carboxylic acids is 1. The Morgan fingerprint density at radius 2 is 1.89 bits per heavy atom. The molecule has 0 unspecified atom stereocenters. The van der Waals surface area contributed by atoms with E-state index in [2.05, 4.69) is 18.2 Å². The van der Waals surface area contributed by atoms with Gasteiger partial charge in [0.05, 0.1) is 18.7 Å². The summed E-state index contributed by atoms with van der Waals surface area (Å²) in [5.41, 5.74) is 3.44. The summed E-state index contributed by atoms with van der Waals surface area (Å²) in [6, 6.07) is 15.1. The van der Waals surface area contributed by atoms with Gasteiger partial charge in [0.15, 0.2) is 0 Å². The van der Waals surface area contributed by atoms with E-state index in [0.29, 0.717) is 32.5 Å². The molecule has 140 valence electrons. The van der Waals surface area contributed by atoms with Gasteiger partial charge in [-0.2, -0.15) is 0 Å². The Labute approximate surface area is 158 Å². The van der Waals surface area contributed by atoms with Gasteiger partial charge in [0.1, 0.15) is 5.60 Å². The first-order valence-corrected chi connectivity index (χ1v) is 9.40. The van der Waals surface area contributed by atoms with Crippen LogP contribution in [0.2, 0.25) is 0 Å². The fourth-order valence-electron chi connectivity index (χ4n) is 4.19. The SMILES string of the molecule is O=C(O)c1ccc(CCC(=O)N2CCO[C@@]3(CCc4ccccc43)C2)cc1. The highest BCUT2D eigenvalue weighted by molar-refractivity contribution is 5.87. The predicted molar refractivity (Wildman–Crippen MR) is 101 cm³/mol. The zero-order valence-corrected chi connectivity index (χ0v) is 15.2. The molecular formula is C22H23NO4. The summed E-state index contributed by atoms with van der Waals surface area (Å²) in [6.07, 6.45) is 2.95. The van der Waals surface area contributed by atoms with Crippen molar-refractivity contribution in [3.8, 4) is 0 Å². The zero-order chi connectivity index (χ0) is 18.9. The van der Waals surface area contributed by atoms with Gasteiger partial charge in [-0.15, -0.1) is 0 Å². The second kappa shape index (κ2) is 7.16. The number of carbonyl (C=O) groups excluding carboxylic acids is 1. The first-order valence-electron chi connectivity index (χ1n) is 9.40. The number of carboxylic acid groups (broad SMARTS) is 1. The van der Waals surface area contributed by atoms with Gasteiger partial charge in [0.25, 0.3) is 0 Å². The van der Waals surface area contributed by atoms with Crippen LogP contribution in [0, 0.1) is 0 Å². The summed E-state index contributed by atoms with van der Waals surface area (Å²) in [5, 5.41) is 8.96. The Morgan fingerprint density at radius 1 is 1.11 bits per heavy atom. The van der Waals surface area contributed by atoms with Crippen LogP contribution >= 0.6 is 0 Å². The third-order valence-electron chi connectivity index (χ3n) is 5.67. The van der Waals surface area contributed by atoms with E-state index in [0.717, 1.165) is 18.4 Å². The van der Waals surface area contributed by atoms with Crippen molar-refractivity contribution in [1.29, 1.82) is 0 Å². The molecule has 1 heterocycles. The van der Waals surface area contributed by atoms with E-state index in [9.17, 15) is 9.59 Å². The molecule has 1 aliphatic heterocycles. The van der Waals surface area contributed by atoms with Crippen LogP contribution in [0.4, 0.5) is 0 Å². The molecule has 0 saturated carbocycles. The quantitative estimate of drug-likeness (QED) is 0.904. The van der Waals surface area contributed by atoms with Gasteiger partial charge in [-0.3, -0.25) is 4.79 Å². The van der Waals surface area contributed by atoms with Crippen molar-refractivity contribution in [3.05, 3.63) is 70.8 Å². The number of hydrogen-bond acceptors (Lipinski definition) is 3. The van der Waals surface area contributed by atoms with Gasteiger partial charge in [-0.25, -0.2) is 4.79 Å². The topological polar surface area (TPSA) is 66.8 Å². The number of aryl methyl sites for hydroxylation is 2. The lowest BCUT2D eigenvalue weighted by atomic mass is 9.93. The molecule has 2 aromatic rings. The Kier molecular flexibility index (Phi) is 4.70. The summed E-state index contributed by atoms with van der Waals surface area (Å²) in [4.78, 5) is 25.6. The lowest BCUT2D eigenvalue weighted by Crippen LogP contribution is -2.51. The molecule has 1 saturated heterocycles. The molecule has 1 atom stereocenters. The predicted octanol–water partition coefficient (Wildman–Crippen LogP) is 3.02. The number of fused-ring (bicyclic) bond motifs is 2. The van der Waals surface area contributed by atoms with Crippen LogP contribution in [0.5, 0.6) is 0 Å². The molecule has 4 rings (SSSR count). The average Bonchev–Trinajstić information content (AvgIpc) is 3.04. The molecule has 1 amide bonds. The largest absolute Gasteiger partial charge is 0.478 e. The zero-order valence-electron chi connectivity index (χ0n) is 15.2. The van der Waals surface area contributed by atoms with Gasteiger partial charge in [0, 0.05) is 13.0 Å². The van der Waals surface area contributed by atoms with Crippen LogP contribution in [0.1, 0.15) is 39.9 Å². The van der Waals surface area contributed by atoms with Crippen molar-refractivity contribution in [2.24, 2.45) is 0 Å². The monoisotopic (exact) mass is 365 g/mol. The highest BCUT2D eigenvalue weighted by Crippen LogP contribution is 2.42. The molecule has 5 heteroatoms. The standard InChI is InChI=1S/C22H23NO4/c24-20(10-7-16-5-8-18(9-6-16)21(25)26)23-13-14-27-22(15-23)12-11-17-3-1-2-4-19(17)22/h1-6,8-9H,7,10-15H2,(H,25,26)/t22-/m0/s1. The van der Waals surface area contributed by atoms with Crippen molar-refractivity contribution in [2.75, 3.05) is 19.7 Å². The van der Waals surface area contributed by atoms with Gasteiger partial charge in [-0.05, 0) is 48.1 Å². The van der Waals surface area contributed by atoms with Crippen molar-refractivity contribution in [2.45, 2.75) is 31.3 Å². The van der Waals surface area contributed by atoms with Gasteiger partial charge >= 0.3 is 5.97 Å². The second-order valence-corrected chi connectivity index (χ2v) is 7.32. The van der Waals surface area contributed by atoms with Crippen LogP contribution in [0.3, 0.4) is 0 Å². The molecule has 27 heavy (non-hydrogen) atoms. The van der Waals surface area contributed by atoms with Crippen LogP contribution in [-0.4, -0.2) is 41.6 Å². The number of amides is 1. The lowest BCUT2D eigenvalue weighted by molar-refractivity contribution is -0.152. The first kappa shape index (κ1) is 17.7. The number of benzene rings is 2. The molecule has 1 aliphatic carbocycles. The molecule has 0 aromatic heterocycles. The van der Waals surface area contributed by atoms with Crippen molar-refractivity contribution < 1.29 is 19.4 Å². The summed E-state index contributed by atoms with van der Waals surface area (Å²) in [5.74, 6) is -0.808. The summed E-state index contributed by atoms with van der Waals surface area (Å²) in [6.45, 7) is 1.80. The normalized spacial score (nSPS) is 21.3. The van der Waals surface area contributed by atoms with Crippen LogP contribution in [0.25, 0.3) is 0 Å². The number of carbonyl (C=O) groups is 2. The molecule has 2 aromatic carbocycles. The van der Waals surface area contributed by atoms with Crippen LogP contribution < -0.4 is 0 Å². The van der Waals surface area contributed by atoms with E-state index < -0.39 is 5.97 Å². The molecule has 2 aliphatic rings. The number of morpholine rings is 1. The van der Waals surface area contributed by atoms with Crippen molar-refractivity contribution in [3.63, 3.8) is 0 Å². The Hall–Kier alpha value is -2.66. The smallest absolute Gasteiger partial charge is 0.335 e. The third-order valence-corrected chi connectivity index (χ3v) is 5.67. The summed E-state index contributed by atoms with van der Waals surface area (Å²) >= 11 is 0. The summed E-state index contributed by atoms with van der Waals surface area (Å²) < 4.78 is 6.18. The minimum absolute atomic E-state index is 0.129. The second-order valence-electron chi connectivity index (χ2n) is 7.32. The maximum atomic E-state index is 12.8. The first-order chi connectivity index (χ1) is 13.1. The Morgan fingerprint density at radius 3 is 2.67 bits per heavy atom. The maximum Gasteiger partial charge on any atom is 0.335 e. The number of rotatable bonds is 4. The number of carboxylic acids is 1.